The highest BCUT2D eigenvalue weighted by molar-refractivity contribution is 5.84. The van der Waals surface area contributed by atoms with Gasteiger partial charge in [0.2, 0.25) is 5.91 Å². The fourth-order valence-electron chi connectivity index (χ4n) is 5.41. The van der Waals surface area contributed by atoms with Gasteiger partial charge in [-0.3, -0.25) is 4.79 Å². The zero-order valence-electron chi connectivity index (χ0n) is 18.6. The molecular weight excluding hydrogens is 388 g/mol. The third-order valence-electron chi connectivity index (χ3n) is 7.63. The second kappa shape index (κ2) is 9.33. The summed E-state index contributed by atoms with van der Waals surface area (Å²) >= 11 is 0. The normalized spacial score (nSPS) is 23.5. The Morgan fingerprint density at radius 2 is 2.00 bits per heavy atom. The van der Waals surface area contributed by atoms with Crippen molar-refractivity contribution in [3.05, 3.63) is 36.0 Å². The molecule has 1 aromatic carbocycles. The Morgan fingerprint density at radius 3 is 2.84 bits per heavy atom. The van der Waals surface area contributed by atoms with Crippen molar-refractivity contribution in [3.8, 4) is 0 Å². The van der Waals surface area contributed by atoms with E-state index in [0.29, 0.717) is 12.3 Å². The van der Waals surface area contributed by atoms with Crippen LogP contribution in [0.1, 0.15) is 56.9 Å². The van der Waals surface area contributed by atoms with E-state index in [1.165, 1.54) is 23.8 Å². The predicted octanol–water partition coefficient (Wildman–Crippen LogP) is 4.71. The van der Waals surface area contributed by atoms with E-state index in [0.717, 1.165) is 82.9 Å². The maximum absolute atomic E-state index is 12.9. The molecule has 3 fully saturated rings. The zero-order chi connectivity index (χ0) is 21.1. The molecule has 1 aromatic heterocycles. The number of piperidine rings is 1. The van der Waals surface area contributed by atoms with Crippen LogP contribution in [-0.2, 0) is 20.7 Å². The number of ether oxygens (including phenoxy) is 2. The first-order chi connectivity index (χ1) is 15.2. The predicted molar refractivity (Wildman–Crippen MR) is 122 cm³/mol. The number of aromatic nitrogens is 1. The molecule has 3 heterocycles. The van der Waals surface area contributed by atoms with Crippen molar-refractivity contribution in [2.45, 2.75) is 63.4 Å². The summed E-state index contributed by atoms with van der Waals surface area (Å²) in [7, 11) is 0. The Balaban J connectivity index is 1.07. The minimum Gasteiger partial charge on any atom is -0.381 e. The van der Waals surface area contributed by atoms with Crippen LogP contribution < -0.4 is 0 Å². The number of para-hydroxylation sites is 1. The van der Waals surface area contributed by atoms with E-state index in [4.69, 9.17) is 9.47 Å². The van der Waals surface area contributed by atoms with Gasteiger partial charge in [0.25, 0.3) is 0 Å². The van der Waals surface area contributed by atoms with E-state index in [9.17, 15) is 4.79 Å². The largest absolute Gasteiger partial charge is 0.381 e. The van der Waals surface area contributed by atoms with E-state index in [2.05, 4.69) is 28.1 Å². The number of nitrogens with zero attached hydrogens (tertiary/aromatic N) is 1. The monoisotopic (exact) mass is 424 g/mol. The number of carbonyl (C=O) groups is 1. The van der Waals surface area contributed by atoms with Crippen molar-refractivity contribution in [1.82, 2.24) is 9.88 Å². The molecule has 0 bridgehead atoms. The van der Waals surface area contributed by atoms with Gasteiger partial charge >= 0.3 is 0 Å². The second-order valence-electron chi connectivity index (χ2n) is 9.94. The van der Waals surface area contributed by atoms with Crippen LogP contribution in [0.3, 0.4) is 0 Å². The second-order valence-corrected chi connectivity index (χ2v) is 9.94. The smallest absolute Gasteiger partial charge is 0.222 e. The average molecular weight is 425 g/mol. The van der Waals surface area contributed by atoms with Gasteiger partial charge in [0, 0.05) is 56.4 Å². The number of nitrogens with one attached hydrogen (secondary N) is 1. The van der Waals surface area contributed by atoms with Crippen LogP contribution in [0.5, 0.6) is 0 Å². The number of hydrogen-bond acceptors (Lipinski definition) is 3. The standard InChI is InChI=1S/C26H36N2O3/c29-25(8-7-22-18-27-24-4-2-1-3-23(22)24)28-13-11-26(12-14-28)17-20(10-16-31-26)9-15-30-19-21-5-6-21/h1-4,18,20-21,27H,5-17,19H2. The molecule has 5 heteroatoms. The quantitative estimate of drug-likeness (QED) is 0.625. The van der Waals surface area contributed by atoms with Crippen LogP contribution in [0.2, 0.25) is 0 Å². The molecule has 2 aromatic rings. The number of H-pyrrole nitrogens is 1. The number of hydrogen-bond donors (Lipinski definition) is 1. The Labute approximate surface area is 185 Å². The summed E-state index contributed by atoms with van der Waals surface area (Å²) in [4.78, 5) is 18.2. The maximum atomic E-state index is 12.9. The van der Waals surface area contributed by atoms with Gasteiger partial charge in [-0.2, -0.15) is 0 Å². The summed E-state index contributed by atoms with van der Waals surface area (Å²) in [6.45, 7) is 4.39. The van der Waals surface area contributed by atoms with Crippen LogP contribution in [0, 0.1) is 11.8 Å². The van der Waals surface area contributed by atoms with Crippen molar-refractivity contribution >= 4 is 16.8 Å². The number of amides is 1. The number of carbonyl (C=O) groups excluding carboxylic acids is 1. The van der Waals surface area contributed by atoms with Crippen molar-refractivity contribution in [1.29, 1.82) is 0 Å². The molecule has 168 valence electrons. The van der Waals surface area contributed by atoms with Gasteiger partial charge in [-0.1, -0.05) is 18.2 Å². The molecule has 1 N–H and O–H groups in total. The minimum atomic E-state index is -0.00692. The Hall–Kier alpha value is -1.85. The van der Waals surface area contributed by atoms with Gasteiger partial charge in [-0.25, -0.2) is 0 Å². The van der Waals surface area contributed by atoms with Crippen LogP contribution in [0.25, 0.3) is 10.9 Å². The van der Waals surface area contributed by atoms with E-state index in [1.807, 2.05) is 12.3 Å². The lowest BCUT2D eigenvalue weighted by Crippen LogP contribution is -2.50. The zero-order valence-corrected chi connectivity index (χ0v) is 18.6. The maximum Gasteiger partial charge on any atom is 0.222 e. The summed E-state index contributed by atoms with van der Waals surface area (Å²) in [5.74, 6) is 1.83. The third-order valence-corrected chi connectivity index (χ3v) is 7.63. The topological polar surface area (TPSA) is 54.6 Å². The van der Waals surface area contributed by atoms with Crippen LogP contribution >= 0.6 is 0 Å². The van der Waals surface area contributed by atoms with Gasteiger partial charge in [-0.05, 0) is 74.8 Å². The number of likely N-dealkylation sites (tertiary alicyclic amines) is 1. The van der Waals surface area contributed by atoms with Gasteiger partial charge in [0.15, 0.2) is 0 Å². The van der Waals surface area contributed by atoms with Crippen molar-refractivity contribution in [2.75, 3.05) is 32.9 Å². The van der Waals surface area contributed by atoms with E-state index < -0.39 is 0 Å². The Bertz CT molecular complexity index is 880. The van der Waals surface area contributed by atoms with E-state index >= 15 is 0 Å². The summed E-state index contributed by atoms with van der Waals surface area (Å²) in [5, 5.41) is 1.23. The lowest BCUT2D eigenvalue weighted by Gasteiger charge is -2.46. The molecule has 0 radical (unpaired) electrons. The highest BCUT2D eigenvalue weighted by Gasteiger charge is 2.40. The number of aromatic amines is 1. The Morgan fingerprint density at radius 1 is 1.16 bits per heavy atom. The molecule has 5 nitrogen and oxygen atoms in total. The molecule has 1 atom stereocenters. The Kier molecular flexibility index (Phi) is 6.33. The van der Waals surface area contributed by atoms with Crippen LogP contribution in [0.15, 0.2) is 30.5 Å². The van der Waals surface area contributed by atoms with Gasteiger partial charge in [0.05, 0.1) is 5.60 Å². The van der Waals surface area contributed by atoms with Crippen molar-refractivity contribution < 1.29 is 14.3 Å². The summed E-state index contributed by atoms with van der Waals surface area (Å²) < 4.78 is 12.2. The summed E-state index contributed by atoms with van der Waals surface area (Å²) in [6.07, 6.45) is 11.5. The first kappa shape index (κ1) is 21.0. The minimum absolute atomic E-state index is 0.00692. The lowest BCUT2D eigenvalue weighted by atomic mass is 9.78. The molecule has 31 heavy (non-hydrogen) atoms. The molecular formula is C26H36N2O3. The van der Waals surface area contributed by atoms with Crippen molar-refractivity contribution in [3.63, 3.8) is 0 Å². The fourth-order valence-corrected chi connectivity index (χ4v) is 5.41. The molecule has 1 unspecified atom stereocenters. The molecule has 2 aliphatic heterocycles. The summed E-state index contributed by atoms with van der Waals surface area (Å²) in [6, 6.07) is 8.31. The number of benzene rings is 1. The third kappa shape index (κ3) is 5.15. The van der Waals surface area contributed by atoms with Gasteiger partial charge in [0.1, 0.15) is 0 Å². The first-order valence-corrected chi connectivity index (χ1v) is 12.3. The molecule has 1 saturated carbocycles. The fraction of sp³-hybridized carbons (Fsp3) is 0.654. The summed E-state index contributed by atoms with van der Waals surface area (Å²) in [5.41, 5.74) is 2.37. The molecule has 1 amide bonds. The SMILES string of the molecule is O=C(CCc1c[nH]c2ccccc12)N1CCC2(CC1)CC(CCOCC1CC1)CCO2. The van der Waals surface area contributed by atoms with E-state index in [1.54, 1.807) is 0 Å². The van der Waals surface area contributed by atoms with Gasteiger partial charge < -0.3 is 19.4 Å². The number of rotatable bonds is 8. The van der Waals surface area contributed by atoms with Crippen LogP contribution in [0.4, 0.5) is 0 Å². The van der Waals surface area contributed by atoms with Gasteiger partial charge in [-0.15, -0.1) is 0 Å². The average Bonchev–Trinajstić information content (AvgIpc) is 3.54. The highest BCUT2D eigenvalue weighted by atomic mass is 16.5. The highest BCUT2D eigenvalue weighted by Crippen LogP contribution is 2.39. The van der Waals surface area contributed by atoms with Crippen molar-refractivity contribution in [2.24, 2.45) is 11.8 Å². The van der Waals surface area contributed by atoms with E-state index in [-0.39, 0.29) is 11.5 Å². The first-order valence-electron chi connectivity index (χ1n) is 12.3. The molecule has 1 spiro atoms. The molecule has 1 aliphatic carbocycles. The molecule has 2 saturated heterocycles. The number of fused-ring (bicyclic) bond motifs is 1. The lowest BCUT2D eigenvalue weighted by molar-refractivity contribution is -0.148. The number of aryl methyl sites for hydroxylation is 1. The van der Waals surface area contributed by atoms with Crippen LogP contribution in [-0.4, -0.2) is 54.3 Å². The molecule has 5 rings (SSSR count). The molecule has 3 aliphatic rings.